The molecule has 16 heavy (non-hydrogen) atoms. The summed E-state index contributed by atoms with van der Waals surface area (Å²) in [6.07, 6.45) is 4.54. The van der Waals surface area contributed by atoms with E-state index < -0.39 is 11.5 Å². The Kier molecular flexibility index (Phi) is 2.99. The molecule has 0 radical (unpaired) electrons. The smallest absolute Gasteiger partial charge is 0.324 e. The Hall–Kier alpha value is -0.570. The number of carboxylic acid groups (broad SMARTS) is 1. The van der Waals surface area contributed by atoms with Gasteiger partial charge >= 0.3 is 5.97 Å². The van der Waals surface area contributed by atoms with Crippen molar-refractivity contribution in [2.45, 2.75) is 58.0 Å². The molecule has 0 bridgehead atoms. The van der Waals surface area contributed by atoms with Gasteiger partial charge in [0.1, 0.15) is 5.54 Å². The third-order valence-electron chi connectivity index (χ3n) is 3.95. The lowest BCUT2D eigenvalue weighted by Gasteiger charge is -2.39. The zero-order valence-electron chi connectivity index (χ0n) is 10.6. The van der Waals surface area contributed by atoms with Crippen molar-refractivity contribution in [3.05, 3.63) is 0 Å². The summed E-state index contributed by atoms with van der Waals surface area (Å²) in [5.41, 5.74) is -0.606. The first-order valence-corrected chi connectivity index (χ1v) is 6.46. The van der Waals surface area contributed by atoms with Gasteiger partial charge in [0.25, 0.3) is 0 Å². The average molecular weight is 225 g/mol. The van der Waals surface area contributed by atoms with Gasteiger partial charge in [-0.15, -0.1) is 0 Å². The molecular weight excluding hydrogens is 202 g/mol. The molecule has 2 rings (SSSR count). The highest BCUT2D eigenvalue weighted by Crippen LogP contribution is 2.47. The predicted octanol–water partition coefficient (Wildman–Crippen LogP) is 2.36. The molecule has 0 aromatic carbocycles. The van der Waals surface area contributed by atoms with Crippen molar-refractivity contribution in [2.24, 2.45) is 11.8 Å². The second kappa shape index (κ2) is 4.02. The highest BCUT2D eigenvalue weighted by Gasteiger charge is 2.54. The molecule has 1 N–H and O–H groups in total. The van der Waals surface area contributed by atoms with E-state index in [9.17, 15) is 9.90 Å². The van der Waals surface area contributed by atoms with E-state index >= 15 is 0 Å². The second-order valence-electron chi connectivity index (χ2n) is 6.00. The van der Waals surface area contributed by atoms with Gasteiger partial charge in [0.2, 0.25) is 0 Å². The van der Waals surface area contributed by atoms with E-state index in [4.69, 9.17) is 0 Å². The van der Waals surface area contributed by atoms with E-state index in [1.54, 1.807) is 0 Å². The molecule has 0 spiro atoms. The fourth-order valence-electron chi connectivity index (χ4n) is 2.68. The first-order chi connectivity index (χ1) is 7.46. The van der Waals surface area contributed by atoms with Crippen LogP contribution in [0.4, 0.5) is 0 Å². The standard InChI is InChI=1S/C13H23NO2/c1-9(2)8-14(11-6-7-11)13(3,12(15)16)10-4-5-10/h9-11H,4-8H2,1-3H3,(H,15,16). The predicted molar refractivity (Wildman–Crippen MR) is 63.3 cm³/mol. The molecule has 2 saturated carbocycles. The van der Waals surface area contributed by atoms with Crippen LogP contribution in [0.5, 0.6) is 0 Å². The van der Waals surface area contributed by atoms with Crippen molar-refractivity contribution in [1.82, 2.24) is 4.90 Å². The van der Waals surface area contributed by atoms with Gasteiger partial charge < -0.3 is 5.11 Å². The third-order valence-corrected chi connectivity index (χ3v) is 3.95. The maximum absolute atomic E-state index is 11.6. The maximum Gasteiger partial charge on any atom is 0.324 e. The summed E-state index contributed by atoms with van der Waals surface area (Å²) in [5.74, 6) is 0.296. The SMILES string of the molecule is CC(C)CN(C1CC1)C(C)(C(=O)O)C1CC1. The highest BCUT2D eigenvalue weighted by molar-refractivity contribution is 5.79. The second-order valence-corrected chi connectivity index (χ2v) is 6.00. The van der Waals surface area contributed by atoms with E-state index in [1.165, 1.54) is 12.8 Å². The van der Waals surface area contributed by atoms with Crippen LogP contribution >= 0.6 is 0 Å². The quantitative estimate of drug-likeness (QED) is 0.754. The summed E-state index contributed by atoms with van der Waals surface area (Å²) < 4.78 is 0. The highest BCUT2D eigenvalue weighted by atomic mass is 16.4. The summed E-state index contributed by atoms with van der Waals surface area (Å²) >= 11 is 0. The first-order valence-electron chi connectivity index (χ1n) is 6.46. The summed E-state index contributed by atoms with van der Waals surface area (Å²) in [6, 6.07) is 0.532. The Morgan fingerprint density at radius 1 is 1.38 bits per heavy atom. The van der Waals surface area contributed by atoms with Gasteiger partial charge in [-0.2, -0.15) is 0 Å². The summed E-state index contributed by atoms with van der Waals surface area (Å²) in [7, 11) is 0. The minimum Gasteiger partial charge on any atom is -0.480 e. The van der Waals surface area contributed by atoms with Crippen LogP contribution in [0.2, 0.25) is 0 Å². The van der Waals surface area contributed by atoms with Gasteiger partial charge in [-0.05, 0) is 44.4 Å². The van der Waals surface area contributed by atoms with Gasteiger partial charge in [0.15, 0.2) is 0 Å². The maximum atomic E-state index is 11.6. The molecule has 2 aliphatic carbocycles. The number of carboxylic acids is 1. The number of hydrogen-bond donors (Lipinski definition) is 1. The Labute approximate surface area is 97.8 Å². The zero-order valence-corrected chi connectivity index (χ0v) is 10.6. The largest absolute Gasteiger partial charge is 0.480 e. The molecule has 1 unspecified atom stereocenters. The molecule has 0 heterocycles. The molecule has 0 aromatic heterocycles. The molecule has 0 aromatic rings. The Bertz CT molecular complexity index is 282. The van der Waals surface area contributed by atoms with Crippen LogP contribution < -0.4 is 0 Å². The van der Waals surface area contributed by atoms with E-state index in [1.807, 2.05) is 6.92 Å². The summed E-state index contributed by atoms with van der Waals surface area (Å²) in [6.45, 7) is 7.20. The van der Waals surface area contributed by atoms with Crippen molar-refractivity contribution < 1.29 is 9.90 Å². The third kappa shape index (κ3) is 2.10. The number of nitrogens with zero attached hydrogens (tertiary/aromatic N) is 1. The molecule has 3 nitrogen and oxygen atoms in total. The van der Waals surface area contributed by atoms with Crippen LogP contribution in [0.25, 0.3) is 0 Å². The van der Waals surface area contributed by atoms with Gasteiger partial charge in [-0.3, -0.25) is 9.69 Å². The lowest BCUT2D eigenvalue weighted by molar-refractivity contribution is -0.153. The van der Waals surface area contributed by atoms with Crippen LogP contribution in [0.3, 0.4) is 0 Å². The van der Waals surface area contributed by atoms with Gasteiger partial charge in [-0.1, -0.05) is 13.8 Å². The van der Waals surface area contributed by atoms with Crippen LogP contribution in [0.15, 0.2) is 0 Å². The summed E-state index contributed by atoms with van der Waals surface area (Å²) in [4.78, 5) is 13.9. The van der Waals surface area contributed by atoms with Crippen LogP contribution in [0, 0.1) is 11.8 Å². The monoisotopic (exact) mass is 225 g/mol. The van der Waals surface area contributed by atoms with E-state index in [2.05, 4.69) is 18.7 Å². The number of hydrogen-bond acceptors (Lipinski definition) is 2. The lowest BCUT2D eigenvalue weighted by Crippen LogP contribution is -2.56. The topological polar surface area (TPSA) is 40.5 Å². The van der Waals surface area contributed by atoms with Gasteiger partial charge in [0, 0.05) is 12.6 Å². The van der Waals surface area contributed by atoms with E-state index in [0.717, 1.165) is 19.4 Å². The first kappa shape index (κ1) is 11.9. The van der Waals surface area contributed by atoms with Gasteiger partial charge in [0.05, 0.1) is 0 Å². The van der Waals surface area contributed by atoms with Gasteiger partial charge in [-0.25, -0.2) is 0 Å². The molecule has 92 valence electrons. The normalized spacial score (nSPS) is 24.8. The number of carbonyl (C=O) groups is 1. The minimum atomic E-state index is -0.623. The molecule has 0 saturated heterocycles. The van der Waals surface area contributed by atoms with Crippen LogP contribution in [-0.2, 0) is 4.79 Å². The van der Waals surface area contributed by atoms with Crippen LogP contribution in [-0.4, -0.2) is 34.1 Å². The molecule has 3 heteroatoms. The molecule has 2 aliphatic rings. The number of aliphatic carboxylic acids is 1. The molecule has 0 amide bonds. The Morgan fingerprint density at radius 2 is 1.94 bits per heavy atom. The molecule has 2 fully saturated rings. The number of rotatable bonds is 6. The van der Waals surface area contributed by atoms with E-state index in [0.29, 0.717) is 17.9 Å². The summed E-state index contributed by atoms with van der Waals surface area (Å²) in [5, 5.41) is 9.56. The van der Waals surface area contributed by atoms with Crippen molar-refractivity contribution >= 4 is 5.97 Å². The minimum absolute atomic E-state index is 0.379. The van der Waals surface area contributed by atoms with Crippen LogP contribution in [0.1, 0.15) is 46.5 Å². The van der Waals surface area contributed by atoms with Crippen molar-refractivity contribution in [3.8, 4) is 0 Å². The van der Waals surface area contributed by atoms with Crippen molar-refractivity contribution in [3.63, 3.8) is 0 Å². The molecule has 0 aliphatic heterocycles. The fourth-order valence-corrected chi connectivity index (χ4v) is 2.68. The van der Waals surface area contributed by atoms with Crippen molar-refractivity contribution in [1.29, 1.82) is 0 Å². The average Bonchev–Trinajstić information content (AvgIpc) is 3.03. The van der Waals surface area contributed by atoms with Crippen molar-refractivity contribution in [2.75, 3.05) is 6.54 Å². The Balaban J connectivity index is 2.17. The lowest BCUT2D eigenvalue weighted by atomic mass is 9.92. The Morgan fingerprint density at radius 3 is 2.25 bits per heavy atom. The molecule has 1 atom stereocenters. The molecular formula is C13H23NO2. The van der Waals surface area contributed by atoms with E-state index in [-0.39, 0.29) is 0 Å². The fraction of sp³-hybridized carbons (Fsp3) is 0.923. The zero-order chi connectivity index (χ0) is 11.9.